The Kier molecular flexibility index (Phi) is 7.33. The first-order valence-electron chi connectivity index (χ1n) is 8.78. The second kappa shape index (κ2) is 8.34. The van der Waals surface area contributed by atoms with Gasteiger partial charge in [0.15, 0.2) is 0 Å². The van der Waals surface area contributed by atoms with Crippen molar-refractivity contribution >= 4 is 6.09 Å². The van der Waals surface area contributed by atoms with Crippen LogP contribution in [-0.4, -0.2) is 55.0 Å². The van der Waals surface area contributed by atoms with Crippen LogP contribution >= 0.6 is 0 Å². The van der Waals surface area contributed by atoms with Gasteiger partial charge in [-0.1, -0.05) is 0 Å². The van der Waals surface area contributed by atoms with Gasteiger partial charge in [0.25, 0.3) is 0 Å². The molecular formula is C18H36N2O3. The average molecular weight is 328 g/mol. The molecule has 0 radical (unpaired) electrons. The van der Waals surface area contributed by atoms with Crippen molar-refractivity contribution in [1.29, 1.82) is 0 Å². The molecule has 0 aromatic rings. The van der Waals surface area contributed by atoms with E-state index in [0.29, 0.717) is 12.1 Å². The lowest BCUT2D eigenvalue weighted by atomic mass is 9.90. The van der Waals surface area contributed by atoms with Crippen LogP contribution in [-0.2, 0) is 9.47 Å². The smallest absolute Gasteiger partial charge is 0.410 e. The van der Waals surface area contributed by atoms with E-state index in [4.69, 9.17) is 9.47 Å². The molecule has 0 unspecified atom stereocenters. The SMILES string of the molecule is COC(C)(C)CCNC1CCC(N(C)C(=O)OC(C)(C)C)CC1. The van der Waals surface area contributed by atoms with Gasteiger partial charge in [0.2, 0.25) is 0 Å². The van der Waals surface area contributed by atoms with E-state index in [2.05, 4.69) is 19.2 Å². The van der Waals surface area contributed by atoms with E-state index in [1.807, 2.05) is 27.8 Å². The molecule has 1 aliphatic carbocycles. The maximum atomic E-state index is 12.1. The van der Waals surface area contributed by atoms with Gasteiger partial charge < -0.3 is 19.7 Å². The third-order valence-electron chi connectivity index (χ3n) is 4.64. The molecule has 1 amide bonds. The molecule has 1 saturated carbocycles. The van der Waals surface area contributed by atoms with Gasteiger partial charge in [0.05, 0.1) is 5.60 Å². The van der Waals surface area contributed by atoms with Crippen LogP contribution in [0.4, 0.5) is 4.79 Å². The van der Waals surface area contributed by atoms with Crippen LogP contribution in [0.25, 0.3) is 0 Å². The van der Waals surface area contributed by atoms with Crippen LogP contribution in [0.1, 0.15) is 66.7 Å². The van der Waals surface area contributed by atoms with Gasteiger partial charge in [-0.2, -0.15) is 0 Å². The Morgan fingerprint density at radius 3 is 2.17 bits per heavy atom. The van der Waals surface area contributed by atoms with E-state index in [1.165, 1.54) is 0 Å². The molecule has 5 nitrogen and oxygen atoms in total. The summed E-state index contributed by atoms with van der Waals surface area (Å²) in [5, 5.41) is 3.62. The average Bonchev–Trinajstić information content (AvgIpc) is 2.45. The Morgan fingerprint density at radius 2 is 1.70 bits per heavy atom. The van der Waals surface area contributed by atoms with Crippen molar-refractivity contribution in [2.75, 3.05) is 20.7 Å². The van der Waals surface area contributed by atoms with Crippen molar-refractivity contribution < 1.29 is 14.3 Å². The zero-order valence-corrected chi connectivity index (χ0v) is 16.1. The minimum atomic E-state index is -0.432. The first kappa shape index (κ1) is 20.2. The molecule has 0 saturated heterocycles. The number of hydrogen-bond donors (Lipinski definition) is 1. The van der Waals surface area contributed by atoms with Gasteiger partial charge in [0.1, 0.15) is 5.60 Å². The van der Waals surface area contributed by atoms with Crippen molar-refractivity contribution in [3.8, 4) is 0 Å². The van der Waals surface area contributed by atoms with E-state index in [9.17, 15) is 4.79 Å². The van der Waals surface area contributed by atoms with Crippen molar-refractivity contribution in [1.82, 2.24) is 10.2 Å². The van der Waals surface area contributed by atoms with Crippen molar-refractivity contribution in [2.24, 2.45) is 0 Å². The van der Waals surface area contributed by atoms with E-state index in [0.717, 1.165) is 38.6 Å². The molecule has 1 fully saturated rings. The number of hydrogen-bond acceptors (Lipinski definition) is 4. The highest BCUT2D eigenvalue weighted by Crippen LogP contribution is 2.24. The lowest BCUT2D eigenvalue weighted by molar-refractivity contribution is 0.0128. The highest BCUT2D eigenvalue weighted by Gasteiger charge is 2.29. The molecule has 0 aliphatic heterocycles. The van der Waals surface area contributed by atoms with Gasteiger partial charge in [-0.05, 0) is 73.3 Å². The molecule has 1 N–H and O–H groups in total. The predicted molar refractivity (Wildman–Crippen MR) is 93.7 cm³/mol. The first-order valence-corrected chi connectivity index (χ1v) is 8.78. The van der Waals surface area contributed by atoms with Gasteiger partial charge in [-0.3, -0.25) is 0 Å². The van der Waals surface area contributed by atoms with Crippen molar-refractivity contribution in [2.45, 2.75) is 90.0 Å². The molecule has 23 heavy (non-hydrogen) atoms. The summed E-state index contributed by atoms with van der Waals surface area (Å²) < 4.78 is 10.9. The summed E-state index contributed by atoms with van der Waals surface area (Å²) in [7, 11) is 3.62. The molecular weight excluding hydrogens is 292 g/mol. The normalized spacial score (nSPS) is 22.7. The minimum Gasteiger partial charge on any atom is -0.444 e. The summed E-state index contributed by atoms with van der Waals surface area (Å²) in [6, 6.07) is 0.837. The highest BCUT2D eigenvalue weighted by molar-refractivity contribution is 5.68. The second-order valence-electron chi connectivity index (χ2n) is 8.26. The Balaban J connectivity index is 2.31. The quantitative estimate of drug-likeness (QED) is 0.810. The Hall–Kier alpha value is -0.810. The Labute approximate surface area is 142 Å². The Bertz CT molecular complexity index is 369. The predicted octanol–water partition coefficient (Wildman–Crippen LogP) is 3.57. The monoisotopic (exact) mass is 328 g/mol. The topological polar surface area (TPSA) is 50.8 Å². The number of nitrogens with one attached hydrogen (secondary N) is 1. The van der Waals surface area contributed by atoms with Gasteiger partial charge in [0, 0.05) is 26.2 Å². The number of methoxy groups -OCH3 is 1. The fourth-order valence-corrected chi connectivity index (χ4v) is 2.83. The lowest BCUT2D eigenvalue weighted by Crippen LogP contribution is -2.45. The number of carbonyl (C=O) groups is 1. The molecule has 0 atom stereocenters. The largest absolute Gasteiger partial charge is 0.444 e. The van der Waals surface area contributed by atoms with Crippen molar-refractivity contribution in [3.63, 3.8) is 0 Å². The van der Waals surface area contributed by atoms with Gasteiger partial charge >= 0.3 is 6.09 Å². The molecule has 1 rings (SSSR count). The fraction of sp³-hybridized carbons (Fsp3) is 0.944. The Morgan fingerprint density at radius 1 is 1.13 bits per heavy atom. The summed E-state index contributed by atoms with van der Waals surface area (Å²) in [6.07, 6.45) is 5.05. The molecule has 0 aromatic carbocycles. The second-order valence-corrected chi connectivity index (χ2v) is 8.26. The van der Waals surface area contributed by atoms with Crippen LogP contribution in [0, 0.1) is 0 Å². The number of carbonyl (C=O) groups excluding carboxylic acids is 1. The summed E-state index contributed by atoms with van der Waals surface area (Å²) in [6.45, 7) is 10.9. The third-order valence-corrected chi connectivity index (χ3v) is 4.64. The number of ether oxygens (including phenoxy) is 2. The van der Waals surface area contributed by atoms with Crippen molar-refractivity contribution in [3.05, 3.63) is 0 Å². The standard InChI is InChI=1S/C18H36N2O3/c1-17(2,3)23-16(21)20(6)15-10-8-14(9-11-15)19-13-12-18(4,5)22-7/h14-15,19H,8-13H2,1-7H3. The molecule has 136 valence electrons. The molecule has 1 aliphatic rings. The molecule has 0 spiro atoms. The molecule has 5 heteroatoms. The summed E-state index contributed by atoms with van der Waals surface area (Å²) >= 11 is 0. The van der Waals surface area contributed by atoms with Gasteiger partial charge in [-0.25, -0.2) is 4.79 Å². The first-order chi connectivity index (χ1) is 10.5. The van der Waals surface area contributed by atoms with Crippen LogP contribution in [0.15, 0.2) is 0 Å². The number of amides is 1. The molecule has 0 aromatic heterocycles. The van der Waals surface area contributed by atoms with Crippen LogP contribution in [0.5, 0.6) is 0 Å². The van der Waals surface area contributed by atoms with Crippen LogP contribution < -0.4 is 5.32 Å². The molecule has 0 bridgehead atoms. The summed E-state index contributed by atoms with van der Waals surface area (Å²) in [4.78, 5) is 13.9. The lowest BCUT2D eigenvalue weighted by Gasteiger charge is -2.36. The number of nitrogens with zero attached hydrogens (tertiary/aromatic N) is 1. The zero-order chi connectivity index (χ0) is 17.7. The van der Waals surface area contributed by atoms with E-state index < -0.39 is 5.60 Å². The summed E-state index contributed by atoms with van der Waals surface area (Å²) in [5.41, 5.74) is -0.501. The molecule has 0 heterocycles. The summed E-state index contributed by atoms with van der Waals surface area (Å²) in [5.74, 6) is 0. The van der Waals surface area contributed by atoms with E-state index in [-0.39, 0.29) is 11.7 Å². The van der Waals surface area contributed by atoms with E-state index in [1.54, 1.807) is 12.0 Å². The maximum absolute atomic E-state index is 12.1. The van der Waals surface area contributed by atoms with E-state index >= 15 is 0 Å². The zero-order valence-electron chi connectivity index (χ0n) is 16.1. The van der Waals surface area contributed by atoms with Gasteiger partial charge in [-0.15, -0.1) is 0 Å². The fourth-order valence-electron chi connectivity index (χ4n) is 2.83. The van der Waals surface area contributed by atoms with Crippen LogP contribution in [0.3, 0.4) is 0 Å². The maximum Gasteiger partial charge on any atom is 0.410 e. The highest BCUT2D eigenvalue weighted by atomic mass is 16.6. The number of rotatable bonds is 6. The minimum absolute atomic E-state index is 0.0683. The van der Waals surface area contributed by atoms with Crippen LogP contribution in [0.2, 0.25) is 0 Å². The third kappa shape index (κ3) is 7.53.